The minimum absolute atomic E-state index is 0.635. The predicted octanol–water partition coefficient (Wildman–Crippen LogP) is 14.3. The number of oxazole rings is 1. The first kappa shape index (κ1) is 31.5. The summed E-state index contributed by atoms with van der Waals surface area (Å²) in [6.07, 6.45) is 0. The van der Waals surface area contributed by atoms with E-state index in [0.29, 0.717) is 5.89 Å². The molecule has 0 N–H and O–H groups in total. The highest BCUT2D eigenvalue weighted by atomic mass is 16.3. The third-order valence-corrected chi connectivity index (χ3v) is 10.3. The summed E-state index contributed by atoms with van der Waals surface area (Å²) in [6, 6.07) is 73.1. The van der Waals surface area contributed by atoms with Crippen LogP contribution < -0.4 is 4.90 Å². The van der Waals surface area contributed by atoms with Gasteiger partial charge in [-0.15, -0.1) is 0 Å². The fourth-order valence-corrected chi connectivity index (χ4v) is 7.56. The minimum Gasteiger partial charge on any atom is -0.436 e. The standard InChI is InChI=1S/C51H34N2O/c1-4-11-35(12-5-1)37-21-26-43(27-22-37)53(44-28-23-38(24-29-44)36-13-6-2-7-14-36)45-30-25-39-19-20-41(33-42(39)34-45)46-17-10-18-48-47(46)31-32-49-50(48)52-51(54-49)40-15-8-3-9-16-40/h1-34H. The monoisotopic (exact) mass is 690 g/mol. The van der Waals surface area contributed by atoms with E-state index in [2.05, 4.69) is 175 Å². The van der Waals surface area contributed by atoms with Crippen molar-refractivity contribution >= 4 is 49.7 Å². The van der Waals surface area contributed by atoms with Crippen molar-refractivity contribution in [1.82, 2.24) is 4.98 Å². The molecule has 0 fully saturated rings. The van der Waals surface area contributed by atoms with Gasteiger partial charge < -0.3 is 9.32 Å². The maximum Gasteiger partial charge on any atom is 0.227 e. The van der Waals surface area contributed by atoms with E-state index in [0.717, 1.165) is 55.6 Å². The minimum atomic E-state index is 0.635. The zero-order valence-electron chi connectivity index (χ0n) is 29.4. The maximum absolute atomic E-state index is 6.22. The van der Waals surface area contributed by atoms with E-state index >= 15 is 0 Å². The van der Waals surface area contributed by atoms with E-state index in [1.807, 2.05) is 36.4 Å². The van der Waals surface area contributed by atoms with Crippen LogP contribution in [0.3, 0.4) is 0 Å². The number of benzene rings is 9. The lowest BCUT2D eigenvalue weighted by Crippen LogP contribution is -2.09. The molecule has 0 aliphatic rings. The molecule has 0 saturated carbocycles. The Morgan fingerprint density at radius 2 is 0.889 bits per heavy atom. The van der Waals surface area contributed by atoms with Crippen molar-refractivity contribution in [3.05, 3.63) is 206 Å². The van der Waals surface area contributed by atoms with Gasteiger partial charge in [0, 0.05) is 28.0 Å². The molecule has 0 atom stereocenters. The number of hydrogen-bond donors (Lipinski definition) is 0. The van der Waals surface area contributed by atoms with Crippen molar-refractivity contribution < 1.29 is 4.42 Å². The first-order chi connectivity index (χ1) is 26.7. The number of rotatable bonds is 7. The highest BCUT2D eigenvalue weighted by Crippen LogP contribution is 2.40. The van der Waals surface area contributed by atoms with Crippen LogP contribution in [0.2, 0.25) is 0 Å². The summed E-state index contributed by atoms with van der Waals surface area (Å²) in [7, 11) is 0. The fraction of sp³-hybridized carbons (Fsp3) is 0. The molecular formula is C51H34N2O. The summed E-state index contributed by atoms with van der Waals surface area (Å²) >= 11 is 0. The molecule has 3 nitrogen and oxygen atoms in total. The van der Waals surface area contributed by atoms with Gasteiger partial charge in [-0.05, 0) is 116 Å². The maximum atomic E-state index is 6.22. The first-order valence-corrected chi connectivity index (χ1v) is 18.3. The summed E-state index contributed by atoms with van der Waals surface area (Å²) in [6.45, 7) is 0. The van der Waals surface area contributed by atoms with Crippen LogP contribution in [-0.4, -0.2) is 4.98 Å². The Kier molecular flexibility index (Phi) is 7.81. The molecule has 9 aromatic carbocycles. The van der Waals surface area contributed by atoms with Crippen LogP contribution in [0.15, 0.2) is 211 Å². The van der Waals surface area contributed by atoms with Crippen molar-refractivity contribution in [2.24, 2.45) is 0 Å². The van der Waals surface area contributed by atoms with Gasteiger partial charge in [0.2, 0.25) is 5.89 Å². The van der Waals surface area contributed by atoms with E-state index in [-0.39, 0.29) is 0 Å². The van der Waals surface area contributed by atoms with E-state index in [4.69, 9.17) is 9.40 Å². The molecule has 254 valence electrons. The molecule has 0 radical (unpaired) electrons. The van der Waals surface area contributed by atoms with Crippen molar-refractivity contribution in [2.45, 2.75) is 0 Å². The van der Waals surface area contributed by atoms with Crippen molar-refractivity contribution in [2.75, 3.05) is 4.90 Å². The summed E-state index contributed by atoms with van der Waals surface area (Å²) in [5.41, 5.74) is 13.0. The average Bonchev–Trinajstić information content (AvgIpc) is 3.70. The van der Waals surface area contributed by atoms with Crippen LogP contribution in [0.1, 0.15) is 0 Å². The Balaban J connectivity index is 1.06. The zero-order valence-corrected chi connectivity index (χ0v) is 29.4. The molecular weight excluding hydrogens is 657 g/mol. The van der Waals surface area contributed by atoms with Crippen LogP contribution in [0.5, 0.6) is 0 Å². The normalized spacial score (nSPS) is 11.3. The molecule has 0 amide bonds. The van der Waals surface area contributed by atoms with Gasteiger partial charge in [0.15, 0.2) is 5.58 Å². The summed E-state index contributed by atoms with van der Waals surface area (Å²) in [5.74, 6) is 0.635. The molecule has 54 heavy (non-hydrogen) atoms. The second-order valence-corrected chi connectivity index (χ2v) is 13.6. The molecule has 0 spiro atoms. The molecule has 0 bridgehead atoms. The summed E-state index contributed by atoms with van der Waals surface area (Å²) in [5, 5.41) is 4.58. The Labute approximate surface area is 314 Å². The molecule has 0 unspecified atom stereocenters. The van der Waals surface area contributed by atoms with Crippen LogP contribution in [0.4, 0.5) is 17.1 Å². The largest absolute Gasteiger partial charge is 0.436 e. The lowest BCUT2D eigenvalue weighted by Gasteiger charge is -2.26. The third kappa shape index (κ3) is 5.78. The fourth-order valence-electron chi connectivity index (χ4n) is 7.56. The molecule has 10 rings (SSSR count). The van der Waals surface area contributed by atoms with Gasteiger partial charge in [0.1, 0.15) is 5.52 Å². The number of hydrogen-bond acceptors (Lipinski definition) is 3. The highest BCUT2D eigenvalue weighted by molar-refractivity contribution is 6.10. The topological polar surface area (TPSA) is 29.3 Å². The van der Waals surface area contributed by atoms with Gasteiger partial charge in [-0.1, -0.05) is 140 Å². The average molecular weight is 691 g/mol. The van der Waals surface area contributed by atoms with Gasteiger partial charge in [-0.2, -0.15) is 0 Å². The van der Waals surface area contributed by atoms with E-state index in [9.17, 15) is 0 Å². The Morgan fingerprint density at radius 1 is 0.352 bits per heavy atom. The second-order valence-electron chi connectivity index (χ2n) is 13.6. The molecule has 1 aromatic heterocycles. The smallest absolute Gasteiger partial charge is 0.227 e. The van der Waals surface area contributed by atoms with Gasteiger partial charge in [0.25, 0.3) is 0 Å². The molecule has 0 aliphatic heterocycles. The highest BCUT2D eigenvalue weighted by Gasteiger charge is 2.16. The Hall–Kier alpha value is -7.23. The molecule has 0 saturated heterocycles. The van der Waals surface area contributed by atoms with E-state index in [1.165, 1.54) is 33.0 Å². The molecule has 3 heteroatoms. The molecule has 10 aromatic rings. The lowest BCUT2D eigenvalue weighted by atomic mass is 9.95. The van der Waals surface area contributed by atoms with Crippen LogP contribution in [0, 0.1) is 0 Å². The zero-order chi connectivity index (χ0) is 35.8. The van der Waals surface area contributed by atoms with E-state index in [1.54, 1.807) is 0 Å². The summed E-state index contributed by atoms with van der Waals surface area (Å²) < 4.78 is 6.22. The van der Waals surface area contributed by atoms with Crippen LogP contribution >= 0.6 is 0 Å². The second kappa shape index (κ2) is 13.4. The van der Waals surface area contributed by atoms with Gasteiger partial charge in [-0.3, -0.25) is 0 Å². The first-order valence-electron chi connectivity index (χ1n) is 18.3. The van der Waals surface area contributed by atoms with Gasteiger partial charge >= 0.3 is 0 Å². The Bertz CT molecular complexity index is 2820. The lowest BCUT2D eigenvalue weighted by molar-refractivity contribution is 0.620. The SMILES string of the molecule is c1ccc(-c2ccc(N(c3ccc(-c4ccccc4)cc3)c3ccc4ccc(-c5cccc6c5ccc5oc(-c7ccccc7)nc56)cc4c3)cc2)cc1. The van der Waals surface area contributed by atoms with Crippen molar-refractivity contribution in [3.63, 3.8) is 0 Å². The number of nitrogens with zero attached hydrogens (tertiary/aromatic N) is 2. The number of fused-ring (bicyclic) bond motifs is 4. The third-order valence-electron chi connectivity index (χ3n) is 10.3. The quantitative estimate of drug-likeness (QED) is 0.167. The predicted molar refractivity (Wildman–Crippen MR) is 225 cm³/mol. The number of anilines is 3. The molecule has 0 aliphatic carbocycles. The van der Waals surface area contributed by atoms with Crippen molar-refractivity contribution in [3.8, 4) is 44.8 Å². The van der Waals surface area contributed by atoms with E-state index < -0.39 is 0 Å². The van der Waals surface area contributed by atoms with Crippen molar-refractivity contribution in [1.29, 1.82) is 0 Å². The van der Waals surface area contributed by atoms with Gasteiger partial charge in [0.05, 0.1) is 0 Å². The number of aromatic nitrogens is 1. The van der Waals surface area contributed by atoms with Gasteiger partial charge in [-0.25, -0.2) is 4.98 Å². The van der Waals surface area contributed by atoms with Crippen LogP contribution in [0.25, 0.3) is 77.5 Å². The summed E-state index contributed by atoms with van der Waals surface area (Å²) in [4.78, 5) is 7.30. The van der Waals surface area contributed by atoms with Crippen LogP contribution in [-0.2, 0) is 0 Å². The Morgan fingerprint density at radius 3 is 1.52 bits per heavy atom. The molecule has 1 heterocycles.